The van der Waals surface area contributed by atoms with E-state index in [0.29, 0.717) is 5.92 Å². The molecule has 2 N–H and O–H groups in total. The van der Waals surface area contributed by atoms with E-state index >= 15 is 0 Å². The van der Waals surface area contributed by atoms with Gasteiger partial charge in [-0.25, -0.2) is 0 Å². The van der Waals surface area contributed by atoms with Crippen LogP contribution < -0.4 is 5.73 Å². The topological polar surface area (TPSA) is 26.0 Å². The zero-order valence-electron chi connectivity index (χ0n) is 7.46. The summed E-state index contributed by atoms with van der Waals surface area (Å²) in [5.41, 5.74) is 8.92. The number of fused-ring (bicyclic) bond motifs is 1. The summed E-state index contributed by atoms with van der Waals surface area (Å²) in [4.78, 5) is 0. The molecule has 1 aromatic rings. The van der Waals surface area contributed by atoms with Crippen LogP contribution in [0.2, 0.25) is 0 Å². The molecule has 0 bridgehead atoms. The van der Waals surface area contributed by atoms with Crippen LogP contribution in [0.15, 0.2) is 24.3 Å². The highest BCUT2D eigenvalue weighted by Gasteiger charge is 2.27. The lowest BCUT2D eigenvalue weighted by Crippen LogP contribution is -2.15. The van der Waals surface area contributed by atoms with E-state index < -0.39 is 0 Å². The number of hydrogen-bond acceptors (Lipinski definition) is 1. The molecule has 0 radical (unpaired) electrons. The second kappa shape index (κ2) is 2.91. The van der Waals surface area contributed by atoms with Gasteiger partial charge in [0.15, 0.2) is 0 Å². The van der Waals surface area contributed by atoms with Crippen LogP contribution in [0, 0.1) is 5.92 Å². The molecule has 0 heterocycles. The van der Waals surface area contributed by atoms with Crippen molar-refractivity contribution in [3.8, 4) is 0 Å². The minimum absolute atomic E-state index is 0.284. The van der Waals surface area contributed by atoms with E-state index in [0.717, 1.165) is 0 Å². The van der Waals surface area contributed by atoms with Crippen LogP contribution >= 0.6 is 0 Å². The molecule has 0 amide bonds. The zero-order valence-corrected chi connectivity index (χ0v) is 7.46. The molecule has 0 aliphatic heterocycles. The summed E-state index contributed by atoms with van der Waals surface area (Å²) in [5, 5.41) is 0. The van der Waals surface area contributed by atoms with Gasteiger partial charge in [-0.05, 0) is 23.5 Å². The standard InChI is InChI=1S/C11H15N/c1-2-8-7-9-5-3-4-6-10(9)11(8)12/h3-6,8,11H,2,7,12H2,1H3/t8?,11-/m0/s1. The van der Waals surface area contributed by atoms with Crippen LogP contribution in [-0.2, 0) is 6.42 Å². The van der Waals surface area contributed by atoms with E-state index in [9.17, 15) is 0 Å². The van der Waals surface area contributed by atoms with Gasteiger partial charge >= 0.3 is 0 Å². The fourth-order valence-electron chi connectivity index (χ4n) is 2.11. The Kier molecular flexibility index (Phi) is 1.89. The van der Waals surface area contributed by atoms with Crippen LogP contribution in [0.25, 0.3) is 0 Å². The van der Waals surface area contributed by atoms with E-state index in [1.807, 2.05) is 0 Å². The third kappa shape index (κ3) is 1.05. The van der Waals surface area contributed by atoms with Gasteiger partial charge in [-0.3, -0.25) is 0 Å². The number of hydrogen-bond donors (Lipinski definition) is 1. The maximum atomic E-state index is 6.10. The molecule has 1 aromatic carbocycles. The molecular formula is C11H15N. The molecule has 2 rings (SSSR count). The Hall–Kier alpha value is -0.820. The van der Waals surface area contributed by atoms with Crippen LogP contribution in [0.1, 0.15) is 30.5 Å². The van der Waals surface area contributed by atoms with Crippen molar-refractivity contribution in [2.45, 2.75) is 25.8 Å². The maximum absolute atomic E-state index is 6.10. The minimum Gasteiger partial charge on any atom is -0.324 e. The largest absolute Gasteiger partial charge is 0.324 e. The lowest BCUT2D eigenvalue weighted by atomic mass is 9.99. The molecule has 0 aromatic heterocycles. The smallest absolute Gasteiger partial charge is 0.0329 e. The molecule has 0 spiro atoms. The first kappa shape index (κ1) is 7.81. The van der Waals surface area contributed by atoms with Crippen LogP contribution in [-0.4, -0.2) is 0 Å². The molecule has 12 heavy (non-hydrogen) atoms. The van der Waals surface area contributed by atoms with Crippen molar-refractivity contribution < 1.29 is 0 Å². The van der Waals surface area contributed by atoms with Crippen LogP contribution in [0.3, 0.4) is 0 Å². The van der Waals surface area contributed by atoms with Gasteiger partial charge in [-0.1, -0.05) is 37.6 Å². The summed E-state index contributed by atoms with van der Waals surface area (Å²) in [6.07, 6.45) is 2.36. The quantitative estimate of drug-likeness (QED) is 0.671. The molecule has 1 aliphatic rings. The SMILES string of the molecule is CCC1Cc2ccccc2[C@H]1N. The summed E-state index contributed by atoms with van der Waals surface area (Å²) in [7, 11) is 0. The van der Waals surface area contributed by atoms with Gasteiger partial charge in [0.1, 0.15) is 0 Å². The second-order valence-corrected chi connectivity index (χ2v) is 3.60. The molecule has 64 valence electrons. The van der Waals surface area contributed by atoms with Crippen molar-refractivity contribution in [1.29, 1.82) is 0 Å². The third-order valence-electron chi connectivity index (χ3n) is 2.93. The highest BCUT2D eigenvalue weighted by molar-refractivity contribution is 5.35. The molecule has 0 saturated heterocycles. The Morgan fingerprint density at radius 1 is 1.42 bits per heavy atom. The van der Waals surface area contributed by atoms with Crippen molar-refractivity contribution in [1.82, 2.24) is 0 Å². The van der Waals surface area contributed by atoms with Gasteiger partial charge in [0.2, 0.25) is 0 Å². The fraction of sp³-hybridized carbons (Fsp3) is 0.455. The number of benzene rings is 1. The predicted molar refractivity (Wildman–Crippen MR) is 50.9 cm³/mol. The molecule has 0 saturated carbocycles. The first-order chi connectivity index (χ1) is 5.83. The molecule has 1 heteroatoms. The minimum atomic E-state index is 0.284. The van der Waals surface area contributed by atoms with Crippen LogP contribution in [0.5, 0.6) is 0 Å². The van der Waals surface area contributed by atoms with Gasteiger partial charge in [0.05, 0.1) is 0 Å². The Morgan fingerprint density at radius 3 is 2.83 bits per heavy atom. The Labute approximate surface area is 73.6 Å². The van der Waals surface area contributed by atoms with Crippen molar-refractivity contribution in [3.63, 3.8) is 0 Å². The van der Waals surface area contributed by atoms with Gasteiger partial charge in [-0.2, -0.15) is 0 Å². The average Bonchev–Trinajstić information content (AvgIpc) is 2.44. The highest BCUT2D eigenvalue weighted by atomic mass is 14.7. The Morgan fingerprint density at radius 2 is 2.17 bits per heavy atom. The summed E-state index contributed by atoms with van der Waals surface area (Å²) >= 11 is 0. The van der Waals surface area contributed by atoms with Crippen LogP contribution in [0.4, 0.5) is 0 Å². The normalized spacial score (nSPS) is 27.2. The summed E-state index contributed by atoms with van der Waals surface area (Å²) in [6.45, 7) is 2.22. The summed E-state index contributed by atoms with van der Waals surface area (Å²) in [6, 6.07) is 8.83. The lowest BCUT2D eigenvalue weighted by molar-refractivity contribution is 0.453. The second-order valence-electron chi connectivity index (χ2n) is 3.60. The van der Waals surface area contributed by atoms with Crippen molar-refractivity contribution in [2.24, 2.45) is 11.7 Å². The molecule has 2 atom stereocenters. The Balaban J connectivity index is 2.35. The highest BCUT2D eigenvalue weighted by Crippen LogP contribution is 2.35. The summed E-state index contributed by atoms with van der Waals surface area (Å²) < 4.78 is 0. The average molecular weight is 161 g/mol. The molecule has 1 nitrogen and oxygen atoms in total. The molecule has 1 unspecified atom stereocenters. The summed E-state index contributed by atoms with van der Waals surface area (Å²) in [5.74, 6) is 0.669. The predicted octanol–water partition coefficient (Wildman–Crippen LogP) is 2.27. The fourth-order valence-corrected chi connectivity index (χ4v) is 2.11. The van der Waals surface area contributed by atoms with E-state index in [4.69, 9.17) is 5.73 Å². The van der Waals surface area contributed by atoms with E-state index in [2.05, 4.69) is 31.2 Å². The van der Waals surface area contributed by atoms with Gasteiger partial charge in [0.25, 0.3) is 0 Å². The van der Waals surface area contributed by atoms with E-state index in [-0.39, 0.29) is 6.04 Å². The molecule has 0 fully saturated rings. The number of nitrogens with two attached hydrogens (primary N) is 1. The molecule has 1 aliphatic carbocycles. The van der Waals surface area contributed by atoms with E-state index in [1.165, 1.54) is 24.0 Å². The van der Waals surface area contributed by atoms with Gasteiger partial charge in [0, 0.05) is 6.04 Å². The van der Waals surface area contributed by atoms with Gasteiger partial charge in [-0.15, -0.1) is 0 Å². The Bertz CT molecular complexity index is 280. The van der Waals surface area contributed by atoms with Gasteiger partial charge < -0.3 is 5.73 Å². The van der Waals surface area contributed by atoms with Crippen molar-refractivity contribution in [3.05, 3.63) is 35.4 Å². The monoisotopic (exact) mass is 161 g/mol. The van der Waals surface area contributed by atoms with Crippen molar-refractivity contribution >= 4 is 0 Å². The van der Waals surface area contributed by atoms with E-state index in [1.54, 1.807) is 0 Å². The van der Waals surface area contributed by atoms with Crippen molar-refractivity contribution in [2.75, 3.05) is 0 Å². The lowest BCUT2D eigenvalue weighted by Gasteiger charge is -2.12. The maximum Gasteiger partial charge on any atom is 0.0329 e. The first-order valence-corrected chi connectivity index (χ1v) is 4.66. The third-order valence-corrected chi connectivity index (χ3v) is 2.93. The number of rotatable bonds is 1. The first-order valence-electron chi connectivity index (χ1n) is 4.66. The zero-order chi connectivity index (χ0) is 8.55. The molecular weight excluding hydrogens is 146 g/mol.